The molecule has 4 nitrogen and oxygen atoms in total. The topological polar surface area (TPSA) is 58.4 Å². The molecule has 3 N–H and O–H groups in total. The molecule has 0 aliphatic heterocycles. The molecule has 4 heteroatoms. The summed E-state index contributed by atoms with van der Waals surface area (Å²) in [6.45, 7) is 1.01. The number of urea groups is 1. The smallest absolute Gasteiger partial charge is 0.321 e. The Morgan fingerprint density at radius 3 is 2.30 bits per heavy atom. The van der Waals surface area contributed by atoms with Crippen molar-refractivity contribution in [2.45, 2.75) is 13.1 Å². The maximum atomic E-state index is 12.1. The maximum Gasteiger partial charge on any atom is 0.321 e. The minimum absolute atomic E-state index is 0.136. The summed E-state index contributed by atoms with van der Waals surface area (Å²) in [6, 6.07) is 17.2. The van der Waals surface area contributed by atoms with Crippen LogP contribution >= 0.6 is 0 Å². The summed E-state index contributed by atoms with van der Waals surface area (Å²) in [6.07, 6.45) is 0. The van der Waals surface area contributed by atoms with Crippen LogP contribution in [0.3, 0.4) is 0 Å². The Morgan fingerprint density at radius 1 is 1.05 bits per heavy atom. The Labute approximate surface area is 119 Å². The molecule has 0 heterocycles. The largest absolute Gasteiger partial charge is 0.326 e. The summed E-state index contributed by atoms with van der Waals surface area (Å²) in [7, 11) is 1.77. The third kappa shape index (κ3) is 3.59. The van der Waals surface area contributed by atoms with E-state index in [0.717, 1.165) is 16.8 Å². The van der Waals surface area contributed by atoms with Gasteiger partial charge < -0.3 is 16.0 Å². The van der Waals surface area contributed by atoms with E-state index >= 15 is 0 Å². The number of nitrogens with zero attached hydrogens (tertiary/aromatic N) is 1. The molecule has 0 atom stereocenters. The third-order valence-corrected chi connectivity index (χ3v) is 3.12. The molecule has 0 aromatic heterocycles. The van der Waals surface area contributed by atoms with Crippen LogP contribution in [0.4, 0.5) is 10.5 Å². The number of nitrogens with one attached hydrogen (secondary N) is 1. The van der Waals surface area contributed by atoms with Crippen molar-refractivity contribution in [3.8, 4) is 0 Å². The zero-order valence-electron chi connectivity index (χ0n) is 11.5. The van der Waals surface area contributed by atoms with Crippen molar-refractivity contribution in [2.75, 3.05) is 12.4 Å². The summed E-state index contributed by atoms with van der Waals surface area (Å²) in [5, 5.41) is 2.86. The first-order valence-electron chi connectivity index (χ1n) is 6.54. The average Bonchev–Trinajstić information content (AvgIpc) is 2.48. The van der Waals surface area contributed by atoms with Crippen LogP contribution in [0.5, 0.6) is 0 Å². The molecule has 0 saturated heterocycles. The van der Waals surface area contributed by atoms with Crippen molar-refractivity contribution in [2.24, 2.45) is 5.73 Å². The van der Waals surface area contributed by atoms with E-state index in [9.17, 15) is 4.79 Å². The normalized spacial score (nSPS) is 10.1. The van der Waals surface area contributed by atoms with E-state index in [1.54, 1.807) is 11.9 Å². The highest BCUT2D eigenvalue weighted by molar-refractivity contribution is 5.89. The molecule has 0 aliphatic carbocycles. The van der Waals surface area contributed by atoms with Crippen molar-refractivity contribution in [3.63, 3.8) is 0 Å². The standard InChI is InChI=1S/C16H19N3O/c1-19(12-14-8-6-5-7-13(14)11-17)16(20)18-15-9-3-2-4-10-15/h2-10H,11-12,17H2,1H3,(H,18,20). The van der Waals surface area contributed by atoms with Gasteiger partial charge in [-0.15, -0.1) is 0 Å². The molecular weight excluding hydrogens is 250 g/mol. The van der Waals surface area contributed by atoms with Crippen LogP contribution in [0.1, 0.15) is 11.1 Å². The van der Waals surface area contributed by atoms with Gasteiger partial charge in [0.15, 0.2) is 0 Å². The summed E-state index contributed by atoms with van der Waals surface area (Å²) in [4.78, 5) is 13.7. The fourth-order valence-corrected chi connectivity index (χ4v) is 1.98. The molecule has 2 aromatic carbocycles. The second kappa shape index (κ2) is 6.73. The number of anilines is 1. The number of rotatable bonds is 4. The Morgan fingerprint density at radius 2 is 1.65 bits per heavy atom. The first kappa shape index (κ1) is 14.1. The molecular formula is C16H19N3O. The van der Waals surface area contributed by atoms with E-state index in [-0.39, 0.29) is 6.03 Å². The van der Waals surface area contributed by atoms with Crippen LogP contribution in [0.2, 0.25) is 0 Å². The number of benzene rings is 2. The van der Waals surface area contributed by atoms with Crippen molar-refractivity contribution in [3.05, 3.63) is 65.7 Å². The maximum absolute atomic E-state index is 12.1. The quantitative estimate of drug-likeness (QED) is 0.896. The van der Waals surface area contributed by atoms with E-state index in [1.807, 2.05) is 54.6 Å². The molecule has 0 unspecified atom stereocenters. The third-order valence-electron chi connectivity index (χ3n) is 3.12. The van der Waals surface area contributed by atoms with Gasteiger partial charge >= 0.3 is 6.03 Å². The number of hydrogen-bond donors (Lipinski definition) is 2. The van der Waals surface area contributed by atoms with Crippen molar-refractivity contribution < 1.29 is 4.79 Å². The molecule has 0 bridgehead atoms. The van der Waals surface area contributed by atoms with Crippen molar-refractivity contribution in [1.29, 1.82) is 0 Å². The minimum atomic E-state index is -0.136. The van der Waals surface area contributed by atoms with Gasteiger partial charge in [0.1, 0.15) is 0 Å². The van der Waals surface area contributed by atoms with E-state index in [4.69, 9.17) is 5.73 Å². The molecule has 0 spiro atoms. The van der Waals surface area contributed by atoms with Crippen LogP contribution in [-0.4, -0.2) is 18.0 Å². The molecule has 20 heavy (non-hydrogen) atoms. The molecule has 0 radical (unpaired) electrons. The van der Waals surface area contributed by atoms with E-state index in [1.165, 1.54) is 0 Å². The first-order valence-corrected chi connectivity index (χ1v) is 6.54. The van der Waals surface area contributed by atoms with Gasteiger partial charge in [0.2, 0.25) is 0 Å². The molecule has 2 aromatic rings. The van der Waals surface area contributed by atoms with Gasteiger partial charge in [0.05, 0.1) is 0 Å². The lowest BCUT2D eigenvalue weighted by Gasteiger charge is -2.19. The van der Waals surface area contributed by atoms with Gasteiger partial charge in [-0.3, -0.25) is 0 Å². The highest BCUT2D eigenvalue weighted by Gasteiger charge is 2.10. The molecule has 0 saturated carbocycles. The lowest BCUT2D eigenvalue weighted by molar-refractivity contribution is 0.220. The molecule has 0 aliphatic rings. The van der Waals surface area contributed by atoms with Crippen LogP contribution in [-0.2, 0) is 13.1 Å². The summed E-state index contributed by atoms with van der Waals surface area (Å²) in [5.41, 5.74) is 8.63. The minimum Gasteiger partial charge on any atom is -0.326 e. The summed E-state index contributed by atoms with van der Waals surface area (Å²) < 4.78 is 0. The van der Waals surface area contributed by atoms with Crippen molar-refractivity contribution in [1.82, 2.24) is 4.90 Å². The summed E-state index contributed by atoms with van der Waals surface area (Å²) in [5.74, 6) is 0. The lowest BCUT2D eigenvalue weighted by atomic mass is 10.1. The lowest BCUT2D eigenvalue weighted by Crippen LogP contribution is -2.31. The van der Waals surface area contributed by atoms with Gasteiger partial charge in [-0.1, -0.05) is 42.5 Å². The predicted octanol–water partition coefficient (Wildman–Crippen LogP) is 2.81. The van der Waals surface area contributed by atoms with Crippen LogP contribution in [0, 0.1) is 0 Å². The number of amides is 2. The van der Waals surface area contributed by atoms with Gasteiger partial charge in [-0.05, 0) is 23.3 Å². The zero-order chi connectivity index (χ0) is 14.4. The van der Waals surface area contributed by atoms with Gasteiger partial charge in [0, 0.05) is 25.8 Å². The Kier molecular flexibility index (Phi) is 4.74. The Hall–Kier alpha value is -2.33. The van der Waals surface area contributed by atoms with E-state index in [0.29, 0.717) is 13.1 Å². The molecule has 2 amide bonds. The fraction of sp³-hybridized carbons (Fsp3) is 0.188. The second-order valence-electron chi connectivity index (χ2n) is 4.63. The number of hydrogen-bond acceptors (Lipinski definition) is 2. The number of nitrogens with two attached hydrogens (primary N) is 1. The van der Waals surface area contributed by atoms with Gasteiger partial charge in [-0.2, -0.15) is 0 Å². The molecule has 2 rings (SSSR count). The number of carbonyl (C=O) groups is 1. The number of carbonyl (C=O) groups excluding carboxylic acids is 1. The second-order valence-corrected chi connectivity index (χ2v) is 4.63. The summed E-state index contributed by atoms with van der Waals surface area (Å²) >= 11 is 0. The molecule has 0 fully saturated rings. The van der Waals surface area contributed by atoms with Gasteiger partial charge in [0.25, 0.3) is 0 Å². The Bertz CT molecular complexity index is 569. The first-order chi connectivity index (χ1) is 9.70. The predicted molar refractivity (Wildman–Crippen MR) is 81.3 cm³/mol. The monoisotopic (exact) mass is 269 g/mol. The highest BCUT2D eigenvalue weighted by Crippen LogP contribution is 2.12. The van der Waals surface area contributed by atoms with Crippen LogP contribution < -0.4 is 11.1 Å². The zero-order valence-corrected chi connectivity index (χ0v) is 11.5. The van der Waals surface area contributed by atoms with E-state index < -0.39 is 0 Å². The fourth-order valence-electron chi connectivity index (χ4n) is 1.98. The van der Waals surface area contributed by atoms with Gasteiger partial charge in [-0.25, -0.2) is 4.79 Å². The number of para-hydroxylation sites is 1. The van der Waals surface area contributed by atoms with E-state index in [2.05, 4.69) is 5.32 Å². The average molecular weight is 269 g/mol. The molecule has 104 valence electrons. The van der Waals surface area contributed by atoms with Crippen molar-refractivity contribution >= 4 is 11.7 Å². The highest BCUT2D eigenvalue weighted by atomic mass is 16.2. The Balaban J connectivity index is 2.01. The van der Waals surface area contributed by atoms with Crippen LogP contribution in [0.15, 0.2) is 54.6 Å². The van der Waals surface area contributed by atoms with Crippen LogP contribution in [0.25, 0.3) is 0 Å². The SMILES string of the molecule is CN(Cc1ccccc1CN)C(=O)Nc1ccccc1.